The Morgan fingerprint density at radius 1 is 1.09 bits per heavy atom. The van der Waals surface area contributed by atoms with Crippen molar-refractivity contribution in [1.29, 1.82) is 0 Å². The van der Waals surface area contributed by atoms with Gasteiger partial charge in [-0.3, -0.25) is 14.5 Å². The lowest BCUT2D eigenvalue weighted by Gasteiger charge is -2.39. The summed E-state index contributed by atoms with van der Waals surface area (Å²) in [6.07, 6.45) is 7.02. The van der Waals surface area contributed by atoms with Gasteiger partial charge in [0.2, 0.25) is 0 Å². The van der Waals surface area contributed by atoms with E-state index in [-0.39, 0.29) is 35.5 Å². The van der Waals surface area contributed by atoms with Crippen molar-refractivity contribution in [3.8, 4) is 0 Å². The van der Waals surface area contributed by atoms with E-state index >= 15 is 0 Å². The molecule has 0 radical (unpaired) electrons. The van der Waals surface area contributed by atoms with Crippen molar-refractivity contribution in [2.75, 3.05) is 6.54 Å². The molecule has 4 aliphatic heterocycles. The number of carbonyl (C=O) groups is 2. The SMILES string of the molecule is CC1C[C@]2(CCCCN3C(C4C[C@H](C)C(=O)O4)CC[C@H]32)OC1=O. The summed E-state index contributed by atoms with van der Waals surface area (Å²) in [7, 11) is 0. The largest absolute Gasteiger partial charge is 0.460 e. The lowest BCUT2D eigenvalue weighted by Crippen LogP contribution is -2.52. The van der Waals surface area contributed by atoms with E-state index in [1.807, 2.05) is 13.8 Å². The molecule has 0 aromatic heterocycles. The van der Waals surface area contributed by atoms with E-state index in [4.69, 9.17) is 9.47 Å². The fourth-order valence-electron chi connectivity index (χ4n) is 5.36. The minimum Gasteiger partial charge on any atom is -0.460 e. The predicted molar refractivity (Wildman–Crippen MR) is 83.6 cm³/mol. The van der Waals surface area contributed by atoms with Gasteiger partial charge in [-0.2, -0.15) is 0 Å². The van der Waals surface area contributed by atoms with E-state index in [0.717, 1.165) is 51.5 Å². The van der Waals surface area contributed by atoms with Crippen LogP contribution in [0.4, 0.5) is 0 Å². The van der Waals surface area contributed by atoms with Crippen LogP contribution in [0.3, 0.4) is 0 Å². The van der Waals surface area contributed by atoms with Crippen molar-refractivity contribution in [3.63, 3.8) is 0 Å². The molecule has 4 rings (SSSR count). The van der Waals surface area contributed by atoms with E-state index in [9.17, 15) is 9.59 Å². The average Bonchev–Trinajstić information content (AvgIpc) is 3.11. The lowest BCUT2D eigenvalue weighted by molar-refractivity contribution is -0.156. The second-order valence-corrected chi connectivity index (χ2v) is 8.06. The van der Waals surface area contributed by atoms with E-state index in [1.54, 1.807) is 0 Å². The molecule has 0 aromatic carbocycles. The van der Waals surface area contributed by atoms with E-state index in [1.165, 1.54) is 0 Å². The first-order chi connectivity index (χ1) is 11.0. The molecular weight excluding hydrogens is 294 g/mol. The average molecular weight is 321 g/mol. The highest BCUT2D eigenvalue weighted by Gasteiger charge is 2.57. The summed E-state index contributed by atoms with van der Waals surface area (Å²) in [5.74, 6) is -0.0530. The van der Waals surface area contributed by atoms with Gasteiger partial charge in [-0.05, 0) is 45.1 Å². The van der Waals surface area contributed by atoms with Crippen LogP contribution in [-0.4, -0.2) is 47.2 Å². The Morgan fingerprint density at radius 2 is 1.91 bits per heavy atom. The molecule has 0 aliphatic carbocycles. The summed E-state index contributed by atoms with van der Waals surface area (Å²) in [5.41, 5.74) is -0.296. The maximum Gasteiger partial charge on any atom is 0.309 e. The number of hydrogen-bond donors (Lipinski definition) is 0. The predicted octanol–water partition coefficient (Wildman–Crippen LogP) is 2.28. The van der Waals surface area contributed by atoms with Crippen LogP contribution in [0.25, 0.3) is 0 Å². The second-order valence-electron chi connectivity index (χ2n) is 8.06. The topological polar surface area (TPSA) is 55.8 Å². The van der Waals surface area contributed by atoms with Gasteiger partial charge < -0.3 is 9.47 Å². The van der Waals surface area contributed by atoms with E-state index < -0.39 is 0 Å². The summed E-state index contributed by atoms with van der Waals surface area (Å²) in [5, 5.41) is 0. The minimum atomic E-state index is -0.296. The van der Waals surface area contributed by atoms with Crippen molar-refractivity contribution >= 4 is 11.9 Å². The summed E-state index contributed by atoms with van der Waals surface area (Å²) < 4.78 is 11.6. The number of cyclic esters (lactones) is 1. The minimum absolute atomic E-state index is 0.0123. The summed E-state index contributed by atoms with van der Waals surface area (Å²) in [6.45, 7) is 4.98. The molecule has 5 heteroatoms. The molecule has 0 N–H and O–H groups in total. The summed E-state index contributed by atoms with van der Waals surface area (Å²) >= 11 is 0. The molecule has 0 aromatic rings. The summed E-state index contributed by atoms with van der Waals surface area (Å²) in [6, 6.07) is 0.608. The molecular formula is C18H27NO4. The number of ether oxygens (including phenoxy) is 2. The van der Waals surface area contributed by atoms with Gasteiger partial charge in [-0.1, -0.05) is 13.8 Å². The Bertz CT molecular complexity index is 521. The Balaban J connectivity index is 1.57. The maximum absolute atomic E-state index is 12.1. The molecule has 4 saturated heterocycles. The maximum atomic E-state index is 12.1. The van der Waals surface area contributed by atoms with Gasteiger partial charge in [0, 0.05) is 12.5 Å². The van der Waals surface area contributed by atoms with Crippen molar-refractivity contribution in [3.05, 3.63) is 0 Å². The molecule has 1 spiro atoms. The fraction of sp³-hybridized carbons (Fsp3) is 0.889. The number of nitrogens with zero attached hydrogens (tertiary/aromatic N) is 1. The first-order valence-corrected chi connectivity index (χ1v) is 9.19. The van der Waals surface area contributed by atoms with Crippen LogP contribution in [0.5, 0.6) is 0 Å². The number of rotatable bonds is 1. The van der Waals surface area contributed by atoms with Crippen LogP contribution in [0.15, 0.2) is 0 Å². The number of fused-ring (bicyclic) bond motifs is 2. The molecule has 6 atom stereocenters. The Labute approximate surface area is 137 Å². The zero-order valence-corrected chi connectivity index (χ0v) is 14.1. The van der Waals surface area contributed by atoms with Gasteiger partial charge in [0.05, 0.1) is 17.9 Å². The zero-order chi connectivity index (χ0) is 16.2. The van der Waals surface area contributed by atoms with E-state index in [2.05, 4.69) is 4.90 Å². The van der Waals surface area contributed by atoms with Crippen LogP contribution in [-0.2, 0) is 19.1 Å². The van der Waals surface area contributed by atoms with Crippen molar-refractivity contribution in [1.82, 2.24) is 4.90 Å². The lowest BCUT2D eigenvalue weighted by atomic mass is 9.83. The molecule has 5 nitrogen and oxygen atoms in total. The Kier molecular flexibility index (Phi) is 3.67. The molecule has 4 aliphatic rings. The third-order valence-corrected chi connectivity index (χ3v) is 6.48. The number of carbonyl (C=O) groups excluding carboxylic acids is 2. The van der Waals surface area contributed by atoms with Crippen LogP contribution in [0.1, 0.15) is 58.8 Å². The highest BCUT2D eigenvalue weighted by molar-refractivity contribution is 5.75. The third-order valence-electron chi connectivity index (χ3n) is 6.48. The van der Waals surface area contributed by atoms with Gasteiger partial charge in [-0.25, -0.2) is 0 Å². The van der Waals surface area contributed by atoms with Crippen LogP contribution in [0.2, 0.25) is 0 Å². The standard InChI is InChI=1S/C18H27NO4/c1-11-9-14(22-16(11)20)13-5-6-15-18(7-3-4-8-19(13)15)10-12(2)17(21)23-18/h11-15H,3-10H2,1-2H3/t11-,12?,13?,14?,15-,18-/m0/s1. The number of hydrogen-bond acceptors (Lipinski definition) is 5. The molecule has 128 valence electrons. The van der Waals surface area contributed by atoms with E-state index in [0.29, 0.717) is 12.1 Å². The molecule has 4 fully saturated rings. The molecule has 23 heavy (non-hydrogen) atoms. The molecule has 0 amide bonds. The van der Waals surface area contributed by atoms with Crippen LogP contribution < -0.4 is 0 Å². The normalized spacial score (nSPS) is 47.5. The molecule has 3 unspecified atom stereocenters. The molecule has 0 saturated carbocycles. The smallest absolute Gasteiger partial charge is 0.309 e. The fourth-order valence-corrected chi connectivity index (χ4v) is 5.36. The van der Waals surface area contributed by atoms with Crippen molar-refractivity contribution in [2.45, 2.75) is 82.6 Å². The molecule has 0 bridgehead atoms. The Hall–Kier alpha value is -1.10. The second kappa shape index (κ2) is 5.47. The van der Waals surface area contributed by atoms with Gasteiger partial charge in [0.15, 0.2) is 0 Å². The van der Waals surface area contributed by atoms with Gasteiger partial charge >= 0.3 is 11.9 Å². The summed E-state index contributed by atoms with van der Waals surface area (Å²) in [4.78, 5) is 26.4. The zero-order valence-electron chi connectivity index (χ0n) is 14.1. The first kappa shape index (κ1) is 15.4. The quantitative estimate of drug-likeness (QED) is 0.694. The van der Waals surface area contributed by atoms with Gasteiger partial charge in [-0.15, -0.1) is 0 Å². The van der Waals surface area contributed by atoms with Gasteiger partial charge in [0.1, 0.15) is 11.7 Å². The highest BCUT2D eigenvalue weighted by Crippen LogP contribution is 2.48. The van der Waals surface area contributed by atoms with Crippen molar-refractivity contribution in [2.24, 2.45) is 11.8 Å². The number of esters is 2. The van der Waals surface area contributed by atoms with Crippen molar-refractivity contribution < 1.29 is 19.1 Å². The Morgan fingerprint density at radius 3 is 2.57 bits per heavy atom. The van der Waals surface area contributed by atoms with Gasteiger partial charge in [0.25, 0.3) is 0 Å². The van der Waals surface area contributed by atoms with Crippen LogP contribution >= 0.6 is 0 Å². The van der Waals surface area contributed by atoms with Crippen LogP contribution in [0, 0.1) is 11.8 Å². The highest BCUT2D eigenvalue weighted by atomic mass is 16.6. The third kappa shape index (κ3) is 2.39. The molecule has 4 heterocycles. The first-order valence-electron chi connectivity index (χ1n) is 9.19. The monoisotopic (exact) mass is 321 g/mol.